The minimum Gasteiger partial charge on any atom is -0.463 e. The van der Waals surface area contributed by atoms with Crippen molar-refractivity contribution in [3.8, 4) is 0 Å². The molecular formula is C15H24BN3O4. The lowest BCUT2D eigenvalue weighted by atomic mass is 9.77. The largest absolute Gasteiger partial charge is 0.491 e. The van der Waals surface area contributed by atoms with Crippen molar-refractivity contribution in [1.29, 1.82) is 0 Å². The maximum absolute atomic E-state index is 11.6. The van der Waals surface area contributed by atoms with Gasteiger partial charge in [-0.3, -0.25) is 0 Å². The van der Waals surface area contributed by atoms with E-state index in [-0.39, 0.29) is 12.4 Å². The van der Waals surface area contributed by atoms with Gasteiger partial charge in [0.05, 0.1) is 24.0 Å². The number of hydrogen-bond acceptors (Lipinski definition) is 6. The van der Waals surface area contributed by atoms with Crippen molar-refractivity contribution in [2.45, 2.75) is 38.9 Å². The lowest BCUT2D eigenvalue weighted by Crippen LogP contribution is -2.41. The summed E-state index contributed by atoms with van der Waals surface area (Å²) in [5.74, 6) is -0.263. The van der Waals surface area contributed by atoms with Gasteiger partial charge in [0.1, 0.15) is 0 Å². The first-order valence-corrected chi connectivity index (χ1v) is 7.49. The second kappa shape index (κ2) is 6.11. The van der Waals surface area contributed by atoms with Crippen molar-refractivity contribution in [2.24, 2.45) is 12.8 Å². The SMILES string of the molecule is COC(=O)c1nc(C=C(CN)B2OC(C)(C)C(C)(C)O2)cn1C. The molecule has 0 amide bonds. The fourth-order valence-electron chi connectivity index (χ4n) is 2.25. The molecule has 8 heteroatoms. The van der Waals surface area contributed by atoms with Crippen LogP contribution in [0.2, 0.25) is 0 Å². The van der Waals surface area contributed by atoms with Gasteiger partial charge in [0.2, 0.25) is 5.82 Å². The first kappa shape index (κ1) is 17.7. The van der Waals surface area contributed by atoms with Gasteiger partial charge in [-0.15, -0.1) is 0 Å². The summed E-state index contributed by atoms with van der Waals surface area (Å²) in [7, 11) is 2.52. The number of imidazole rings is 1. The molecule has 1 fully saturated rings. The van der Waals surface area contributed by atoms with Crippen molar-refractivity contribution in [2.75, 3.05) is 13.7 Å². The number of aryl methyl sites for hydroxylation is 1. The molecule has 1 aliphatic heterocycles. The van der Waals surface area contributed by atoms with E-state index in [1.807, 2.05) is 27.7 Å². The molecule has 2 heterocycles. The lowest BCUT2D eigenvalue weighted by molar-refractivity contribution is 0.00578. The van der Waals surface area contributed by atoms with E-state index in [0.717, 1.165) is 5.47 Å². The average molecular weight is 321 g/mol. The van der Waals surface area contributed by atoms with Crippen molar-refractivity contribution in [3.05, 3.63) is 23.2 Å². The van der Waals surface area contributed by atoms with Gasteiger partial charge < -0.3 is 24.3 Å². The van der Waals surface area contributed by atoms with Crippen LogP contribution in [0.4, 0.5) is 0 Å². The lowest BCUT2D eigenvalue weighted by Gasteiger charge is -2.32. The minimum absolute atomic E-state index is 0.226. The summed E-state index contributed by atoms with van der Waals surface area (Å²) in [5.41, 5.74) is 6.34. The van der Waals surface area contributed by atoms with Gasteiger partial charge in [-0.2, -0.15) is 0 Å². The Hall–Kier alpha value is -1.64. The molecular weight excluding hydrogens is 297 g/mol. The molecule has 0 spiro atoms. The van der Waals surface area contributed by atoms with Gasteiger partial charge >= 0.3 is 13.1 Å². The molecule has 0 saturated carbocycles. The molecule has 1 saturated heterocycles. The number of esters is 1. The summed E-state index contributed by atoms with van der Waals surface area (Å²) in [6.45, 7) is 8.20. The van der Waals surface area contributed by atoms with Crippen molar-refractivity contribution < 1.29 is 18.8 Å². The Kier molecular flexibility index (Phi) is 4.70. The summed E-state index contributed by atoms with van der Waals surface area (Å²) in [6.07, 6.45) is 3.52. The molecule has 126 valence electrons. The van der Waals surface area contributed by atoms with Crippen molar-refractivity contribution >= 4 is 19.2 Å². The highest BCUT2D eigenvalue weighted by Gasteiger charge is 2.52. The normalized spacial score (nSPS) is 20.0. The standard InChI is InChI=1S/C15H24BN3O4/c1-14(2)15(3,4)23-16(22-14)10(8-17)7-11-9-19(5)12(18-11)13(20)21-6/h7,9H,8,17H2,1-6H3. The van der Waals surface area contributed by atoms with Crippen molar-refractivity contribution in [1.82, 2.24) is 9.55 Å². The maximum atomic E-state index is 11.6. The first-order chi connectivity index (χ1) is 10.6. The summed E-state index contributed by atoms with van der Waals surface area (Å²) >= 11 is 0. The van der Waals surface area contributed by atoms with Crippen LogP contribution in [0.3, 0.4) is 0 Å². The third-order valence-corrected chi connectivity index (χ3v) is 4.39. The molecule has 0 bridgehead atoms. The van der Waals surface area contributed by atoms with Crippen LogP contribution in [0.25, 0.3) is 6.08 Å². The number of methoxy groups -OCH3 is 1. The molecule has 0 aromatic carbocycles. The van der Waals surface area contributed by atoms with Gasteiger partial charge in [-0.1, -0.05) is 0 Å². The highest BCUT2D eigenvalue weighted by Crippen LogP contribution is 2.38. The van der Waals surface area contributed by atoms with Crippen LogP contribution in [0.15, 0.2) is 11.7 Å². The van der Waals surface area contributed by atoms with Gasteiger partial charge in [0.25, 0.3) is 0 Å². The van der Waals surface area contributed by atoms with Crippen LogP contribution in [-0.2, 0) is 21.1 Å². The summed E-state index contributed by atoms with van der Waals surface area (Å²) in [5, 5.41) is 0. The monoisotopic (exact) mass is 321 g/mol. The molecule has 0 atom stereocenters. The van der Waals surface area contributed by atoms with E-state index in [2.05, 4.69) is 4.98 Å². The van der Waals surface area contributed by atoms with E-state index in [4.69, 9.17) is 19.8 Å². The molecule has 23 heavy (non-hydrogen) atoms. The molecule has 1 aromatic heterocycles. The number of hydrogen-bond donors (Lipinski definition) is 1. The number of aromatic nitrogens is 2. The average Bonchev–Trinajstić information content (AvgIpc) is 2.92. The quantitative estimate of drug-likeness (QED) is 0.662. The van der Waals surface area contributed by atoms with Crippen LogP contribution < -0.4 is 5.73 Å². The van der Waals surface area contributed by atoms with Gasteiger partial charge in [0, 0.05) is 19.8 Å². The van der Waals surface area contributed by atoms with Gasteiger partial charge in [-0.25, -0.2) is 9.78 Å². The van der Waals surface area contributed by atoms with Crippen LogP contribution in [0.1, 0.15) is 44.0 Å². The number of ether oxygens (including phenoxy) is 1. The van der Waals surface area contributed by atoms with E-state index in [9.17, 15) is 4.79 Å². The molecule has 2 N–H and O–H groups in total. The molecule has 7 nitrogen and oxygen atoms in total. The molecule has 2 rings (SSSR count). The third-order valence-electron chi connectivity index (χ3n) is 4.39. The molecule has 0 unspecified atom stereocenters. The fourth-order valence-corrected chi connectivity index (χ4v) is 2.25. The molecule has 0 radical (unpaired) electrons. The zero-order chi connectivity index (χ0) is 17.4. The zero-order valence-corrected chi connectivity index (χ0v) is 14.5. The third kappa shape index (κ3) is 3.34. The number of rotatable bonds is 4. The topological polar surface area (TPSA) is 88.6 Å². The fraction of sp³-hybridized carbons (Fsp3) is 0.600. The van der Waals surface area contributed by atoms with Gasteiger partial charge in [-0.05, 0) is 39.2 Å². The second-order valence-corrected chi connectivity index (χ2v) is 6.60. The number of nitrogens with zero attached hydrogens (tertiary/aromatic N) is 2. The number of nitrogens with two attached hydrogens (primary N) is 1. The minimum atomic E-state index is -0.534. The molecule has 1 aromatic rings. The van der Waals surface area contributed by atoms with E-state index < -0.39 is 24.3 Å². The van der Waals surface area contributed by atoms with E-state index in [1.54, 1.807) is 23.9 Å². The van der Waals surface area contributed by atoms with Gasteiger partial charge in [0.15, 0.2) is 0 Å². The first-order valence-electron chi connectivity index (χ1n) is 7.49. The number of carbonyl (C=O) groups is 1. The maximum Gasteiger partial charge on any atom is 0.491 e. The second-order valence-electron chi connectivity index (χ2n) is 6.60. The van der Waals surface area contributed by atoms with Crippen LogP contribution >= 0.6 is 0 Å². The Morgan fingerprint density at radius 3 is 2.43 bits per heavy atom. The molecule has 1 aliphatic rings. The summed E-state index contributed by atoms with van der Waals surface area (Å²) in [4.78, 5) is 15.9. The highest BCUT2D eigenvalue weighted by atomic mass is 16.7. The van der Waals surface area contributed by atoms with Crippen LogP contribution in [0, 0.1) is 0 Å². The Bertz CT molecular complexity index is 621. The number of carbonyl (C=O) groups excluding carboxylic acids is 1. The summed E-state index contributed by atoms with van der Waals surface area (Å²) < 4.78 is 18.3. The zero-order valence-electron chi connectivity index (χ0n) is 14.5. The molecule has 0 aliphatic carbocycles. The smallest absolute Gasteiger partial charge is 0.463 e. The Morgan fingerprint density at radius 2 is 1.96 bits per heavy atom. The predicted molar refractivity (Wildman–Crippen MR) is 87.7 cm³/mol. The van der Waals surface area contributed by atoms with E-state index in [1.165, 1.54) is 7.11 Å². The van der Waals surface area contributed by atoms with E-state index in [0.29, 0.717) is 5.69 Å². The van der Waals surface area contributed by atoms with Crippen LogP contribution in [0.5, 0.6) is 0 Å². The highest BCUT2D eigenvalue weighted by molar-refractivity contribution is 6.55. The Balaban J connectivity index is 2.29. The predicted octanol–water partition coefficient (Wildman–Crippen LogP) is 1.18. The summed E-state index contributed by atoms with van der Waals surface area (Å²) in [6, 6.07) is 0. The Morgan fingerprint density at radius 1 is 1.39 bits per heavy atom. The van der Waals surface area contributed by atoms with Crippen LogP contribution in [-0.4, -0.2) is 47.5 Å². The van der Waals surface area contributed by atoms with E-state index >= 15 is 0 Å². The van der Waals surface area contributed by atoms with Crippen molar-refractivity contribution in [3.63, 3.8) is 0 Å². The Labute approximate surface area is 136 Å².